The van der Waals surface area contributed by atoms with Crippen molar-refractivity contribution in [3.63, 3.8) is 0 Å². The van der Waals surface area contributed by atoms with Crippen LogP contribution in [0.15, 0.2) is 24.3 Å². The third kappa shape index (κ3) is 5.69. The first-order valence-corrected chi connectivity index (χ1v) is 7.62. The maximum absolute atomic E-state index is 11.4. The number of sulfone groups is 1. The lowest BCUT2D eigenvalue weighted by Crippen LogP contribution is -2.13. The van der Waals surface area contributed by atoms with Crippen LogP contribution in [0.5, 0.6) is 5.75 Å². The molecule has 5 heteroatoms. The molecule has 98 valence electrons. The lowest BCUT2D eigenvalue weighted by Gasteiger charge is -2.06. The van der Waals surface area contributed by atoms with Crippen LogP contribution in [0, 0.1) is 18.3 Å². The number of ether oxygens (including phenoxy) is 1. The molecule has 18 heavy (non-hydrogen) atoms. The average Bonchev–Trinajstić information content (AvgIpc) is 2.34. The molecule has 0 atom stereocenters. The summed E-state index contributed by atoms with van der Waals surface area (Å²) in [4.78, 5) is 0. The van der Waals surface area contributed by atoms with E-state index in [4.69, 9.17) is 10.00 Å². The van der Waals surface area contributed by atoms with Crippen LogP contribution in [0.25, 0.3) is 0 Å². The van der Waals surface area contributed by atoms with Gasteiger partial charge in [0.25, 0.3) is 0 Å². The molecule has 0 N–H and O–H groups in total. The van der Waals surface area contributed by atoms with Crippen molar-refractivity contribution >= 4 is 9.84 Å². The topological polar surface area (TPSA) is 67.2 Å². The molecule has 0 aromatic heterocycles. The number of nitriles is 1. The lowest BCUT2D eigenvalue weighted by atomic mass is 10.2. The number of nitrogens with zero attached hydrogens (tertiary/aromatic N) is 1. The third-order valence-electron chi connectivity index (χ3n) is 2.41. The molecule has 0 radical (unpaired) electrons. The van der Waals surface area contributed by atoms with Crippen molar-refractivity contribution in [2.24, 2.45) is 0 Å². The van der Waals surface area contributed by atoms with Crippen molar-refractivity contribution in [3.8, 4) is 11.8 Å². The SMILES string of the molecule is Cc1ccc(OCCCS(=O)(=O)CCC#N)cc1. The first kappa shape index (κ1) is 14.5. The third-order valence-corrected chi connectivity index (χ3v) is 4.15. The molecule has 0 fully saturated rings. The summed E-state index contributed by atoms with van der Waals surface area (Å²) in [5, 5.41) is 8.33. The minimum atomic E-state index is -3.11. The van der Waals surface area contributed by atoms with Crippen LogP contribution in [0.4, 0.5) is 0 Å². The fourth-order valence-electron chi connectivity index (χ4n) is 1.41. The van der Waals surface area contributed by atoms with E-state index in [2.05, 4.69) is 0 Å². The fourth-order valence-corrected chi connectivity index (χ4v) is 2.57. The van der Waals surface area contributed by atoms with Crippen LogP contribution in [0.2, 0.25) is 0 Å². The molecule has 0 bridgehead atoms. The second kappa shape index (κ2) is 7.02. The Morgan fingerprint density at radius 2 is 1.89 bits per heavy atom. The van der Waals surface area contributed by atoms with Crippen LogP contribution in [0.1, 0.15) is 18.4 Å². The van der Waals surface area contributed by atoms with Crippen LogP contribution >= 0.6 is 0 Å². The van der Waals surface area contributed by atoms with Gasteiger partial charge in [-0.2, -0.15) is 5.26 Å². The van der Waals surface area contributed by atoms with Gasteiger partial charge in [0.05, 0.1) is 24.2 Å². The van der Waals surface area contributed by atoms with Crippen LogP contribution in [-0.2, 0) is 9.84 Å². The summed E-state index contributed by atoms with van der Waals surface area (Å²) in [6, 6.07) is 9.44. The predicted molar refractivity (Wildman–Crippen MR) is 70.2 cm³/mol. The first-order valence-electron chi connectivity index (χ1n) is 5.80. The Morgan fingerprint density at radius 1 is 1.22 bits per heavy atom. The predicted octanol–water partition coefficient (Wildman–Crippen LogP) is 2.09. The van der Waals surface area contributed by atoms with E-state index >= 15 is 0 Å². The van der Waals surface area contributed by atoms with E-state index in [0.29, 0.717) is 13.0 Å². The molecule has 0 aliphatic rings. The van der Waals surface area contributed by atoms with Crippen LogP contribution in [0.3, 0.4) is 0 Å². The minimum Gasteiger partial charge on any atom is -0.494 e. The summed E-state index contributed by atoms with van der Waals surface area (Å²) in [6.07, 6.45) is 0.503. The van der Waals surface area contributed by atoms with Crippen LogP contribution < -0.4 is 4.74 Å². The Hall–Kier alpha value is -1.54. The standard InChI is InChI=1S/C13H17NO3S/c1-12-4-6-13(7-5-12)17-9-3-11-18(15,16)10-2-8-14/h4-7H,2-3,9-11H2,1H3. The number of hydrogen-bond acceptors (Lipinski definition) is 4. The Balaban J connectivity index is 2.27. The van der Waals surface area contributed by atoms with E-state index in [1.165, 1.54) is 0 Å². The molecule has 0 saturated heterocycles. The molecule has 0 aliphatic heterocycles. The van der Waals surface area contributed by atoms with Gasteiger partial charge in [0.1, 0.15) is 5.75 Å². The Morgan fingerprint density at radius 3 is 2.50 bits per heavy atom. The largest absolute Gasteiger partial charge is 0.494 e. The molecular formula is C13H17NO3S. The monoisotopic (exact) mass is 267 g/mol. The fraction of sp³-hybridized carbons (Fsp3) is 0.462. The summed E-state index contributed by atoms with van der Waals surface area (Å²) in [6.45, 7) is 2.36. The van der Waals surface area contributed by atoms with Gasteiger partial charge in [-0.05, 0) is 25.5 Å². The van der Waals surface area contributed by atoms with Gasteiger partial charge in [0, 0.05) is 6.42 Å². The number of rotatable bonds is 7. The Kier molecular flexibility index (Phi) is 5.66. The van der Waals surface area contributed by atoms with E-state index in [1.807, 2.05) is 37.3 Å². The molecule has 0 saturated carbocycles. The highest BCUT2D eigenvalue weighted by atomic mass is 32.2. The zero-order valence-corrected chi connectivity index (χ0v) is 11.2. The highest BCUT2D eigenvalue weighted by Gasteiger charge is 2.09. The summed E-state index contributed by atoms with van der Waals surface area (Å²) in [7, 11) is -3.11. The van der Waals surface area contributed by atoms with Crippen molar-refractivity contribution in [3.05, 3.63) is 29.8 Å². The van der Waals surface area contributed by atoms with E-state index < -0.39 is 9.84 Å². The summed E-state index contributed by atoms with van der Waals surface area (Å²) in [5.41, 5.74) is 1.15. The molecule has 4 nitrogen and oxygen atoms in total. The van der Waals surface area contributed by atoms with E-state index in [-0.39, 0.29) is 17.9 Å². The second-order valence-corrected chi connectivity index (χ2v) is 6.38. The highest BCUT2D eigenvalue weighted by molar-refractivity contribution is 7.91. The van der Waals surface area contributed by atoms with Gasteiger partial charge in [-0.3, -0.25) is 0 Å². The second-order valence-electron chi connectivity index (χ2n) is 4.07. The molecule has 1 aromatic rings. The zero-order valence-electron chi connectivity index (χ0n) is 10.4. The summed E-state index contributed by atoms with van der Waals surface area (Å²) in [5.74, 6) is 0.754. The molecule has 0 spiro atoms. The van der Waals surface area contributed by atoms with Gasteiger partial charge in [0.2, 0.25) is 0 Å². The van der Waals surface area contributed by atoms with Gasteiger partial charge < -0.3 is 4.74 Å². The quantitative estimate of drug-likeness (QED) is 0.709. The molecular weight excluding hydrogens is 250 g/mol. The van der Waals surface area contributed by atoms with Gasteiger partial charge in [-0.15, -0.1) is 0 Å². The first-order chi connectivity index (χ1) is 8.53. The Labute approximate surface area is 108 Å². The van der Waals surface area contributed by atoms with E-state index in [0.717, 1.165) is 11.3 Å². The average molecular weight is 267 g/mol. The van der Waals surface area contributed by atoms with Gasteiger partial charge in [-0.25, -0.2) is 8.42 Å². The van der Waals surface area contributed by atoms with E-state index in [9.17, 15) is 8.42 Å². The molecule has 1 rings (SSSR count). The maximum Gasteiger partial charge on any atom is 0.151 e. The normalized spacial score (nSPS) is 10.9. The zero-order chi connectivity index (χ0) is 13.4. The van der Waals surface area contributed by atoms with Crippen LogP contribution in [-0.4, -0.2) is 26.5 Å². The van der Waals surface area contributed by atoms with Crippen molar-refractivity contribution < 1.29 is 13.2 Å². The number of benzene rings is 1. The van der Waals surface area contributed by atoms with E-state index in [1.54, 1.807) is 0 Å². The summed E-state index contributed by atoms with van der Waals surface area (Å²) < 4.78 is 28.3. The van der Waals surface area contributed by atoms with Crippen molar-refractivity contribution in [2.75, 3.05) is 18.1 Å². The van der Waals surface area contributed by atoms with Gasteiger partial charge >= 0.3 is 0 Å². The highest BCUT2D eigenvalue weighted by Crippen LogP contribution is 2.11. The molecule has 0 heterocycles. The Bertz CT molecular complexity index is 500. The summed E-state index contributed by atoms with van der Waals surface area (Å²) >= 11 is 0. The molecule has 0 aliphatic carbocycles. The number of aryl methyl sites for hydroxylation is 1. The van der Waals surface area contributed by atoms with Gasteiger partial charge in [-0.1, -0.05) is 17.7 Å². The van der Waals surface area contributed by atoms with Gasteiger partial charge in [0.15, 0.2) is 9.84 Å². The van der Waals surface area contributed by atoms with Crippen molar-refractivity contribution in [1.82, 2.24) is 0 Å². The molecule has 0 unspecified atom stereocenters. The molecule has 0 amide bonds. The smallest absolute Gasteiger partial charge is 0.151 e. The minimum absolute atomic E-state index is 0.0567. The van der Waals surface area contributed by atoms with Crippen molar-refractivity contribution in [1.29, 1.82) is 5.26 Å². The lowest BCUT2D eigenvalue weighted by molar-refractivity contribution is 0.317. The maximum atomic E-state index is 11.4. The van der Waals surface area contributed by atoms with Crippen molar-refractivity contribution in [2.45, 2.75) is 19.8 Å². The molecule has 1 aromatic carbocycles. The number of hydrogen-bond donors (Lipinski definition) is 0.